The number of imide groups is 1. The van der Waals surface area contributed by atoms with Crippen molar-refractivity contribution >= 4 is 18.3 Å². The zero-order valence-electron chi connectivity index (χ0n) is 12.2. The van der Waals surface area contributed by atoms with Crippen LogP contribution >= 0.6 is 0 Å². The predicted octanol–water partition coefficient (Wildman–Crippen LogP) is 1.23. The minimum absolute atomic E-state index is 0.208. The Kier molecular flexibility index (Phi) is 6.69. The van der Waals surface area contributed by atoms with Crippen LogP contribution in [0.1, 0.15) is 41.0 Å². The van der Waals surface area contributed by atoms with Gasteiger partial charge in [0.15, 0.2) is 0 Å². The molecule has 0 bridgehead atoms. The largest absolute Gasteiger partial charge is 0.443 e. The first-order valence-corrected chi connectivity index (χ1v) is 6.23. The molecule has 2 N–H and O–H groups in total. The summed E-state index contributed by atoms with van der Waals surface area (Å²) in [7, 11) is 0. The number of nitrogens with zero attached hydrogens (tertiary/aromatic N) is 1. The predicted molar refractivity (Wildman–Crippen MR) is 71.1 cm³/mol. The summed E-state index contributed by atoms with van der Waals surface area (Å²) < 4.78 is 5.06. The molecular weight excluding hydrogens is 248 g/mol. The molecule has 109 valence electrons. The monoisotopic (exact) mass is 271 g/mol. The lowest BCUT2D eigenvalue weighted by Gasteiger charge is -2.26. The molecule has 6 nitrogen and oxygen atoms in total. The highest BCUT2D eigenvalue weighted by Gasteiger charge is 2.30. The average molecular weight is 271 g/mol. The second-order valence-corrected chi connectivity index (χ2v) is 5.79. The topological polar surface area (TPSA) is 89.7 Å². The fraction of sp³-hybridized carbons (Fsp3) is 0.769. The Balaban J connectivity index is 4.84. The van der Waals surface area contributed by atoms with Gasteiger partial charge in [-0.2, -0.15) is 0 Å². The molecule has 0 aliphatic heterocycles. The van der Waals surface area contributed by atoms with Crippen LogP contribution in [0.2, 0.25) is 0 Å². The van der Waals surface area contributed by atoms with E-state index in [0.29, 0.717) is 11.3 Å². The smallest absolute Gasteiger partial charge is 0.417 e. The summed E-state index contributed by atoms with van der Waals surface area (Å²) in [5, 5.41) is 0. The molecule has 0 aromatic rings. The van der Waals surface area contributed by atoms with E-state index < -0.39 is 30.2 Å². The maximum absolute atomic E-state index is 12.0. The molecule has 2 amide bonds. The lowest BCUT2D eigenvalue weighted by atomic mass is 10.0. The van der Waals surface area contributed by atoms with Crippen LogP contribution < -0.4 is 5.73 Å². The van der Waals surface area contributed by atoms with Gasteiger partial charge in [0.25, 0.3) is 0 Å². The molecule has 0 saturated heterocycles. The molecule has 19 heavy (non-hydrogen) atoms. The Labute approximate surface area is 114 Å². The van der Waals surface area contributed by atoms with E-state index >= 15 is 0 Å². The highest BCUT2D eigenvalue weighted by molar-refractivity contribution is 5.96. The first-order chi connectivity index (χ1) is 8.58. The summed E-state index contributed by atoms with van der Waals surface area (Å²) in [6, 6.07) is -0.833. The van der Waals surface area contributed by atoms with E-state index in [1.54, 1.807) is 20.8 Å². The molecule has 0 rings (SSSR count). The standard InChI is InChI=1S/C13H23N2O4/c1-9(2)8-10(14)11(17)15(6-7-16)12(18)19-13(3,4)5/h9-10H,6,8,14H2,1-5H3/t10-/m0/s1. The fourth-order valence-electron chi connectivity index (χ4n) is 1.42. The van der Waals surface area contributed by atoms with E-state index in [2.05, 4.69) is 0 Å². The third kappa shape index (κ3) is 6.91. The van der Waals surface area contributed by atoms with Gasteiger partial charge in [0, 0.05) is 0 Å². The molecule has 0 aromatic carbocycles. The second-order valence-electron chi connectivity index (χ2n) is 5.79. The van der Waals surface area contributed by atoms with E-state index in [-0.39, 0.29) is 5.92 Å². The van der Waals surface area contributed by atoms with E-state index in [1.165, 1.54) is 6.29 Å². The Morgan fingerprint density at radius 2 is 1.84 bits per heavy atom. The number of rotatable bonds is 5. The first kappa shape index (κ1) is 17.6. The third-order valence-corrected chi connectivity index (χ3v) is 2.15. The molecule has 0 unspecified atom stereocenters. The molecule has 0 spiro atoms. The van der Waals surface area contributed by atoms with Crippen LogP contribution in [0, 0.1) is 5.92 Å². The number of carbonyl (C=O) groups excluding carboxylic acids is 3. The van der Waals surface area contributed by atoms with Gasteiger partial charge in [0.2, 0.25) is 12.2 Å². The molecule has 0 aromatic heterocycles. The Hall–Kier alpha value is -1.43. The van der Waals surface area contributed by atoms with Gasteiger partial charge < -0.3 is 10.5 Å². The van der Waals surface area contributed by atoms with Gasteiger partial charge in [-0.25, -0.2) is 9.69 Å². The van der Waals surface area contributed by atoms with Crippen molar-refractivity contribution in [1.29, 1.82) is 0 Å². The summed E-state index contributed by atoms with van der Waals surface area (Å²) >= 11 is 0. The van der Waals surface area contributed by atoms with E-state index in [1.807, 2.05) is 13.8 Å². The number of carbonyl (C=O) groups is 2. The number of hydrogen-bond acceptors (Lipinski definition) is 5. The van der Waals surface area contributed by atoms with Crippen LogP contribution in [-0.2, 0) is 14.3 Å². The normalized spacial score (nSPS) is 13.0. The SMILES string of the molecule is CC(C)C[C@H](N)C(=O)N(C[C]=O)C(=O)OC(C)(C)C. The first-order valence-electron chi connectivity index (χ1n) is 6.23. The zero-order chi connectivity index (χ0) is 15.2. The fourth-order valence-corrected chi connectivity index (χ4v) is 1.42. The summed E-state index contributed by atoms with van der Waals surface area (Å²) in [5.74, 6) is -0.411. The molecule has 0 fully saturated rings. The van der Waals surface area contributed by atoms with Crippen molar-refractivity contribution in [3.8, 4) is 0 Å². The van der Waals surface area contributed by atoms with E-state index in [9.17, 15) is 14.4 Å². The Morgan fingerprint density at radius 3 is 2.21 bits per heavy atom. The molecule has 0 heterocycles. The Morgan fingerprint density at radius 1 is 1.32 bits per heavy atom. The highest BCUT2D eigenvalue weighted by Crippen LogP contribution is 2.12. The van der Waals surface area contributed by atoms with Crippen molar-refractivity contribution in [1.82, 2.24) is 4.90 Å². The summed E-state index contributed by atoms with van der Waals surface area (Å²) in [6.45, 7) is 8.37. The number of amides is 2. The molecule has 0 aliphatic rings. The van der Waals surface area contributed by atoms with Gasteiger partial charge >= 0.3 is 6.09 Å². The van der Waals surface area contributed by atoms with Crippen molar-refractivity contribution in [2.24, 2.45) is 11.7 Å². The van der Waals surface area contributed by atoms with E-state index in [0.717, 1.165) is 0 Å². The quantitative estimate of drug-likeness (QED) is 0.812. The summed E-state index contributed by atoms with van der Waals surface area (Å²) in [6.07, 6.45) is 1.07. The van der Waals surface area contributed by atoms with E-state index in [4.69, 9.17) is 10.5 Å². The average Bonchev–Trinajstić information content (AvgIpc) is 2.21. The van der Waals surface area contributed by atoms with Gasteiger partial charge in [-0.1, -0.05) is 13.8 Å². The van der Waals surface area contributed by atoms with Crippen LogP contribution in [0.3, 0.4) is 0 Å². The van der Waals surface area contributed by atoms with Crippen molar-refractivity contribution in [3.05, 3.63) is 0 Å². The summed E-state index contributed by atoms with van der Waals surface area (Å²) in [5.41, 5.74) is 4.97. The number of nitrogens with two attached hydrogens (primary N) is 1. The van der Waals surface area contributed by atoms with Gasteiger partial charge in [0.05, 0.1) is 12.6 Å². The minimum atomic E-state index is -0.875. The molecular formula is C13H23N2O4. The lowest BCUT2D eigenvalue weighted by Crippen LogP contribution is -2.49. The Bertz CT molecular complexity index is 334. The van der Waals surface area contributed by atoms with Crippen molar-refractivity contribution in [2.75, 3.05) is 6.54 Å². The molecule has 1 radical (unpaired) electrons. The molecule has 6 heteroatoms. The highest BCUT2D eigenvalue weighted by atomic mass is 16.6. The molecule has 0 aliphatic carbocycles. The second kappa shape index (κ2) is 7.23. The third-order valence-electron chi connectivity index (χ3n) is 2.15. The van der Waals surface area contributed by atoms with Crippen LogP contribution in [-0.4, -0.2) is 41.4 Å². The van der Waals surface area contributed by atoms with Crippen LogP contribution in [0.5, 0.6) is 0 Å². The number of hydrogen-bond donors (Lipinski definition) is 1. The van der Waals surface area contributed by atoms with Gasteiger partial charge in [-0.3, -0.25) is 9.59 Å². The van der Waals surface area contributed by atoms with Crippen molar-refractivity contribution < 1.29 is 19.1 Å². The van der Waals surface area contributed by atoms with Crippen molar-refractivity contribution in [3.63, 3.8) is 0 Å². The van der Waals surface area contributed by atoms with Gasteiger partial charge in [-0.15, -0.1) is 0 Å². The van der Waals surface area contributed by atoms with Crippen LogP contribution in [0.15, 0.2) is 0 Å². The van der Waals surface area contributed by atoms with Gasteiger partial charge in [-0.05, 0) is 33.1 Å². The van der Waals surface area contributed by atoms with Crippen LogP contribution in [0.4, 0.5) is 4.79 Å². The lowest BCUT2D eigenvalue weighted by molar-refractivity contribution is -0.131. The molecule has 0 saturated carbocycles. The zero-order valence-corrected chi connectivity index (χ0v) is 12.2. The maximum Gasteiger partial charge on any atom is 0.417 e. The summed E-state index contributed by atoms with van der Waals surface area (Å²) in [4.78, 5) is 35.0. The minimum Gasteiger partial charge on any atom is -0.443 e. The molecule has 1 atom stereocenters. The van der Waals surface area contributed by atoms with Crippen molar-refractivity contribution in [2.45, 2.75) is 52.7 Å². The maximum atomic E-state index is 12.0. The number of ether oxygens (including phenoxy) is 1. The van der Waals surface area contributed by atoms with Gasteiger partial charge in [0.1, 0.15) is 5.60 Å². The van der Waals surface area contributed by atoms with Crippen LogP contribution in [0.25, 0.3) is 0 Å².